The zero-order valence-electron chi connectivity index (χ0n) is 18.4. The number of imidazole rings is 1. The van der Waals surface area contributed by atoms with Crippen LogP contribution in [0.3, 0.4) is 0 Å². The Labute approximate surface area is 191 Å². The zero-order valence-corrected chi connectivity index (χ0v) is 19.1. The molecule has 0 aliphatic heterocycles. The first kappa shape index (κ1) is 22.1. The van der Waals surface area contributed by atoms with E-state index in [1.54, 1.807) is 51.2 Å². The topological polar surface area (TPSA) is 89.9 Å². The summed E-state index contributed by atoms with van der Waals surface area (Å²) in [5.41, 5.74) is 0.931. The third-order valence-electron chi connectivity index (χ3n) is 5.78. The molecule has 2 aromatic heterocycles. The highest BCUT2D eigenvalue weighted by atomic mass is 35.5. The van der Waals surface area contributed by atoms with Crippen LogP contribution in [0.4, 0.5) is 4.79 Å². The van der Waals surface area contributed by atoms with Crippen LogP contribution in [0.15, 0.2) is 41.3 Å². The molecule has 0 N–H and O–H groups in total. The van der Waals surface area contributed by atoms with Crippen LogP contribution in [0, 0.1) is 16.7 Å². The van der Waals surface area contributed by atoms with Crippen molar-refractivity contribution in [3.63, 3.8) is 0 Å². The summed E-state index contributed by atoms with van der Waals surface area (Å²) in [5.74, 6) is 0. The number of hydrogen-bond acceptors (Lipinski definition) is 5. The van der Waals surface area contributed by atoms with Crippen LogP contribution in [-0.2, 0) is 17.7 Å². The lowest BCUT2D eigenvalue weighted by Gasteiger charge is -2.35. The number of halogens is 1. The van der Waals surface area contributed by atoms with Gasteiger partial charge in [-0.1, -0.05) is 30.2 Å². The van der Waals surface area contributed by atoms with E-state index in [2.05, 4.69) is 11.1 Å². The van der Waals surface area contributed by atoms with Crippen molar-refractivity contribution < 1.29 is 9.53 Å². The van der Waals surface area contributed by atoms with Crippen molar-refractivity contribution in [1.29, 1.82) is 5.26 Å². The lowest BCUT2D eigenvalue weighted by Crippen LogP contribution is -2.34. The minimum atomic E-state index is -0.728. The number of carbonyl (C=O) groups excluding carboxylic acids is 1. The van der Waals surface area contributed by atoms with Crippen LogP contribution in [0.5, 0.6) is 0 Å². The summed E-state index contributed by atoms with van der Waals surface area (Å²) in [6, 6.07) is 11.3. The number of nitriles is 1. The predicted octanol–water partition coefficient (Wildman–Crippen LogP) is 4.92. The molecule has 0 bridgehead atoms. The van der Waals surface area contributed by atoms with Crippen LogP contribution >= 0.6 is 11.6 Å². The average molecular weight is 453 g/mol. The van der Waals surface area contributed by atoms with E-state index in [4.69, 9.17) is 16.3 Å². The molecule has 1 saturated carbocycles. The molecule has 0 spiro atoms. The van der Waals surface area contributed by atoms with Gasteiger partial charge in [-0.15, -0.1) is 0 Å². The summed E-state index contributed by atoms with van der Waals surface area (Å²) < 4.78 is 8.00. The van der Waals surface area contributed by atoms with E-state index in [0.29, 0.717) is 28.2 Å². The van der Waals surface area contributed by atoms with Crippen molar-refractivity contribution in [2.75, 3.05) is 0 Å². The van der Waals surface area contributed by atoms with Gasteiger partial charge in [-0.2, -0.15) is 9.83 Å². The number of aromatic nitrogens is 3. The fourth-order valence-corrected chi connectivity index (χ4v) is 4.26. The standard InChI is InChI=1S/C24H25ClN4O3/c1-23(2,3)32-22(31)29-20-8-5-4-7-19(20)28(21(29)30)14-16-11-17(25)18(27-13-16)12-24(15-26)9-6-10-24/h4-5,7-8,11,13H,6,9-10,12,14H2,1-3H3. The predicted molar refractivity (Wildman–Crippen MR) is 122 cm³/mol. The Morgan fingerprint density at radius 1 is 1.28 bits per heavy atom. The van der Waals surface area contributed by atoms with E-state index in [1.807, 2.05) is 6.07 Å². The molecule has 32 heavy (non-hydrogen) atoms. The summed E-state index contributed by atoms with van der Waals surface area (Å²) >= 11 is 6.49. The molecule has 0 unspecified atom stereocenters. The fraction of sp³-hybridized carbons (Fsp3) is 0.417. The van der Waals surface area contributed by atoms with Crippen molar-refractivity contribution in [3.05, 3.63) is 63.3 Å². The molecule has 1 aliphatic carbocycles. The Bertz CT molecular complexity index is 1290. The van der Waals surface area contributed by atoms with E-state index >= 15 is 0 Å². The minimum Gasteiger partial charge on any atom is -0.443 e. The maximum atomic E-state index is 13.2. The highest BCUT2D eigenvalue weighted by Gasteiger charge is 2.38. The smallest absolute Gasteiger partial charge is 0.423 e. The number of para-hydroxylation sites is 2. The van der Waals surface area contributed by atoms with E-state index in [0.717, 1.165) is 29.4 Å². The monoisotopic (exact) mass is 452 g/mol. The normalized spacial score (nSPS) is 15.2. The number of fused-ring (bicyclic) bond motifs is 1. The van der Waals surface area contributed by atoms with Crippen LogP contribution < -0.4 is 5.69 Å². The first-order valence-electron chi connectivity index (χ1n) is 10.6. The zero-order chi connectivity index (χ0) is 23.1. The number of hydrogen-bond donors (Lipinski definition) is 0. The van der Waals surface area contributed by atoms with Crippen molar-refractivity contribution in [2.45, 2.75) is 58.6 Å². The van der Waals surface area contributed by atoms with Crippen LogP contribution in [0.25, 0.3) is 11.0 Å². The second-order valence-corrected chi connectivity index (χ2v) is 9.77. The number of rotatable bonds is 4. The fourth-order valence-electron chi connectivity index (χ4n) is 4.00. The molecule has 8 heteroatoms. The SMILES string of the molecule is CC(C)(C)OC(=O)n1c(=O)n(Cc2cnc(CC3(C#N)CCC3)c(Cl)c2)c2ccccc21. The third-order valence-corrected chi connectivity index (χ3v) is 6.11. The first-order valence-corrected chi connectivity index (χ1v) is 11.0. The average Bonchev–Trinajstić information content (AvgIpc) is 2.97. The van der Waals surface area contributed by atoms with Gasteiger partial charge in [0.1, 0.15) is 5.60 Å². The Hall–Kier alpha value is -3.11. The summed E-state index contributed by atoms with van der Waals surface area (Å²) in [7, 11) is 0. The van der Waals surface area contributed by atoms with Crippen molar-refractivity contribution in [3.8, 4) is 6.07 Å². The molecule has 0 amide bonds. The largest absolute Gasteiger partial charge is 0.443 e. The van der Waals surface area contributed by atoms with Gasteiger partial charge in [-0.25, -0.2) is 9.59 Å². The molecule has 1 aromatic carbocycles. The maximum absolute atomic E-state index is 13.2. The van der Waals surface area contributed by atoms with Crippen LogP contribution in [-0.4, -0.2) is 25.8 Å². The molecule has 4 rings (SSSR count). The molecular weight excluding hydrogens is 428 g/mol. The molecule has 1 fully saturated rings. The summed E-state index contributed by atoms with van der Waals surface area (Å²) in [4.78, 5) is 30.4. The molecule has 0 saturated heterocycles. The molecule has 1 aliphatic rings. The van der Waals surface area contributed by atoms with Gasteiger partial charge in [0.05, 0.1) is 39.8 Å². The van der Waals surface area contributed by atoms with E-state index in [9.17, 15) is 14.9 Å². The van der Waals surface area contributed by atoms with Crippen molar-refractivity contribution >= 4 is 28.7 Å². The van der Waals surface area contributed by atoms with Gasteiger partial charge in [0.15, 0.2) is 0 Å². The second kappa shape index (κ2) is 8.10. The van der Waals surface area contributed by atoms with E-state index < -0.39 is 17.4 Å². The van der Waals surface area contributed by atoms with Crippen molar-refractivity contribution in [1.82, 2.24) is 14.1 Å². The Balaban J connectivity index is 1.67. The summed E-state index contributed by atoms with van der Waals surface area (Å²) in [6.45, 7) is 5.46. The van der Waals surface area contributed by atoms with Gasteiger partial charge >= 0.3 is 11.8 Å². The van der Waals surface area contributed by atoms with Crippen LogP contribution in [0.1, 0.15) is 51.3 Å². The van der Waals surface area contributed by atoms with E-state index in [1.165, 1.54) is 4.57 Å². The second-order valence-electron chi connectivity index (χ2n) is 9.37. The molecule has 166 valence electrons. The molecule has 0 radical (unpaired) electrons. The molecule has 2 heterocycles. The van der Waals surface area contributed by atoms with Crippen LogP contribution in [0.2, 0.25) is 5.02 Å². The number of pyridine rings is 1. The molecular formula is C24H25ClN4O3. The number of carbonyl (C=O) groups is 1. The van der Waals surface area contributed by atoms with Gasteiger partial charge in [-0.3, -0.25) is 9.55 Å². The minimum absolute atomic E-state index is 0.200. The number of benzene rings is 1. The Morgan fingerprint density at radius 2 is 1.97 bits per heavy atom. The van der Waals surface area contributed by atoms with Gasteiger partial charge in [0.2, 0.25) is 0 Å². The maximum Gasteiger partial charge on any atom is 0.423 e. The van der Waals surface area contributed by atoms with E-state index in [-0.39, 0.29) is 12.0 Å². The van der Waals surface area contributed by atoms with Gasteiger partial charge in [0, 0.05) is 12.6 Å². The quantitative estimate of drug-likeness (QED) is 0.560. The van der Waals surface area contributed by atoms with Gasteiger partial charge in [-0.05, 0) is 57.4 Å². The van der Waals surface area contributed by atoms with Gasteiger partial charge in [0.25, 0.3) is 0 Å². The first-order chi connectivity index (χ1) is 15.1. The third kappa shape index (κ3) is 4.15. The lowest BCUT2D eigenvalue weighted by atomic mass is 9.67. The highest BCUT2D eigenvalue weighted by molar-refractivity contribution is 6.31. The van der Waals surface area contributed by atoms with Crippen molar-refractivity contribution in [2.24, 2.45) is 5.41 Å². The summed E-state index contributed by atoms with van der Waals surface area (Å²) in [5, 5.41) is 9.97. The summed E-state index contributed by atoms with van der Waals surface area (Å²) in [6.07, 6.45) is 4.27. The number of ether oxygens (including phenoxy) is 1. The molecule has 3 aromatic rings. The Morgan fingerprint density at radius 3 is 2.53 bits per heavy atom. The highest BCUT2D eigenvalue weighted by Crippen LogP contribution is 2.43. The van der Waals surface area contributed by atoms with Gasteiger partial charge < -0.3 is 4.74 Å². The molecule has 7 nitrogen and oxygen atoms in total. The number of nitrogens with zero attached hydrogens (tertiary/aromatic N) is 4. The Kier molecular flexibility index (Phi) is 5.59. The lowest BCUT2D eigenvalue weighted by molar-refractivity contribution is 0.0537. The molecule has 0 atom stereocenters.